The molecule has 0 saturated heterocycles. The molecule has 0 atom stereocenters. The number of fused-ring (bicyclic) bond motifs is 6. The normalized spacial score (nSPS) is 11.2. The molecule has 52 heavy (non-hydrogen) atoms. The van der Waals surface area contributed by atoms with Gasteiger partial charge in [0, 0.05) is 22.1 Å². The molecule has 8 aromatic rings. The highest BCUT2D eigenvalue weighted by Gasteiger charge is 2.14. The van der Waals surface area contributed by atoms with Crippen molar-refractivity contribution in [3.05, 3.63) is 107 Å². The van der Waals surface area contributed by atoms with Crippen molar-refractivity contribution < 1.29 is 9.59 Å². The van der Waals surface area contributed by atoms with E-state index in [9.17, 15) is 9.59 Å². The van der Waals surface area contributed by atoms with Crippen molar-refractivity contribution in [3.63, 3.8) is 0 Å². The van der Waals surface area contributed by atoms with Crippen LogP contribution in [0.1, 0.15) is 22.3 Å². The maximum absolute atomic E-state index is 12.1. The zero-order chi connectivity index (χ0) is 36.2. The second-order valence-corrected chi connectivity index (χ2v) is 14.1. The first-order valence-electron chi connectivity index (χ1n) is 16.4. The summed E-state index contributed by atoms with van der Waals surface area (Å²) in [5.74, 6) is 0.240. The lowest BCUT2D eigenvalue weighted by Gasteiger charge is -2.04. The van der Waals surface area contributed by atoms with Crippen LogP contribution in [-0.4, -0.2) is 63.7 Å². The molecule has 0 bridgehead atoms. The number of carbonyl (C=O) groups is 2. The number of thioether (sulfide) groups is 2. The molecular formula is C38H34N10O2S2. The lowest BCUT2D eigenvalue weighted by molar-refractivity contribution is -0.114. The van der Waals surface area contributed by atoms with Gasteiger partial charge < -0.3 is 20.6 Å². The van der Waals surface area contributed by atoms with E-state index in [1.54, 1.807) is 0 Å². The summed E-state index contributed by atoms with van der Waals surface area (Å²) in [6.07, 6.45) is 0. The maximum Gasteiger partial charge on any atom is 0.234 e. The molecular weight excluding hydrogens is 693 g/mol. The Morgan fingerprint density at radius 1 is 0.577 bits per heavy atom. The molecule has 14 heteroatoms. The quantitative estimate of drug-likeness (QED) is 0.114. The average Bonchev–Trinajstić information content (AvgIpc) is 3.70. The summed E-state index contributed by atoms with van der Waals surface area (Å²) in [6, 6.07) is 27.3. The summed E-state index contributed by atoms with van der Waals surface area (Å²) < 4.78 is 0. The third kappa shape index (κ3) is 7.87. The molecule has 0 spiro atoms. The van der Waals surface area contributed by atoms with Crippen LogP contribution < -0.4 is 10.6 Å². The van der Waals surface area contributed by atoms with E-state index in [1.807, 2.05) is 86.6 Å². The van der Waals surface area contributed by atoms with Gasteiger partial charge in [-0.3, -0.25) is 9.59 Å². The number of H-pyrrole nitrogens is 2. The van der Waals surface area contributed by atoms with Gasteiger partial charge in [-0.15, -0.1) is 20.4 Å². The van der Waals surface area contributed by atoms with Gasteiger partial charge in [-0.1, -0.05) is 89.2 Å². The van der Waals surface area contributed by atoms with Crippen LogP contribution in [0.15, 0.2) is 95.2 Å². The van der Waals surface area contributed by atoms with Crippen LogP contribution in [0.25, 0.3) is 44.1 Å². The number of hydrogen-bond donors (Lipinski definition) is 4. The topological polar surface area (TPSA) is 167 Å². The zero-order valence-electron chi connectivity index (χ0n) is 28.8. The molecule has 4 N–H and O–H groups in total. The number of rotatable bonds is 8. The smallest absolute Gasteiger partial charge is 0.234 e. The van der Waals surface area contributed by atoms with Crippen LogP contribution in [0.3, 0.4) is 0 Å². The first kappa shape index (κ1) is 34.6. The van der Waals surface area contributed by atoms with Crippen molar-refractivity contribution in [1.82, 2.24) is 40.3 Å². The van der Waals surface area contributed by atoms with E-state index in [2.05, 4.69) is 76.9 Å². The van der Waals surface area contributed by atoms with Crippen LogP contribution in [0.2, 0.25) is 0 Å². The lowest BCUT2D eigenvalue weighted by Crippen LogP contribution is -2.14. The second-order valence-electron chi connectivity index (χ2n) is 12.2. The molecule has 4 heterocycles. The monoisotopic (exact) mass is 726 g/mol. The Bertz CT molecular complexity index is 2570. The third-order valence-electron chi connectivity index (χ3n) is 8.14. The number of para-hydroxylation sites is 2. The minimum atomic E-state index is -0.104. The average molecular weight is 727 g/mol. The van der Waals surface area contributed by atoms with Crippen molar-refractivity contribution in [2.75, 3.05) is 22.1 Å². The second kappa shape index (κ2) is 15.2. The predicted octanol–water partition coefficient (Wildman–Crippen LogP) is 7.71. The van der Waals surface area contributed by atoms with Crippen molar-refractivity contribution >= 4 is 90.8 Å². The number of aromatic amines is 2. The minimum Gasteiger partial charge on any atom is -0.337 e. The van der Waals surface area contributed by atoms with E-state index in [0.717, 1.165) is 60.9 Å². The Hall–Kier alpha value is -5.86. The predicted molar refractivity (Wildman–Crippen MR) is 209 cm³/mol. The summed E-state index contributed by atoms with van der Waals surface area (Å²) in [4.78, 5) is 39.8. The van der Waals surface area contributed by atoms with E-state index in [-0.39, 0.29) is 23.3 Å². The highest BCUT2D eigenvalue weighted by molar-refractivity contribution is 8.00. The fourth-order valence-electron chi connectivity index (χ4n) is 5.68. The summed E-state index contributed by atoms with van der Waals surface area (Å²) >= 11 is 2.53. The maximum atomic E-state index is 12.1. The standard InChI is InChI=1S/2C19H17N5OS/c1-11-6-8-13(9-7-11)20-15(25)10-26-19-22-18-17(23-24-19)14-5-3-4-12(2)16(14)21-18;1-11-8-12(2)16-14(9-11)17-18(21-16)22-19(24-23-17)26-10-15(25)20-13-6-4-3-5-7-13/h2*3-9H,10H2,1-2H3,(H,20,25)(H,21,22,24). The summed E-state index contributed by atoms with van der Waals surface area (Å²) in [5, 5.41) is 25.6. The highest BCUT2D eigenvalue weighted by atomic mass is 32.2. The van der Waals surface area contributed by atoms with Crippen molar-refractivity contribution in [1.29, 1.82) is 0 Å². The SMILES string of the molecule is Cc1cc(C)c2[nH]c3nc(SCC(=O)Nc4ccccc4)nnc3c2c1.Cc1ccc(NC(=O)CSc2nnc3c(n2)[nH]c2c(C)cccc23)cc1. The Morgan fingerprint density at radius 2 is 1.13 bits per heavy atom. The molecule has 0 aliphatic carbocycles. The molecule has 2 amide bonds. The van der Waals surface area contributed by atoms with E-state index in [1.165, 1.54) is 29.1 Å². The van der Waals surface area contributed by atoms with Crippen LogP contribution >= 0.6 is 23.5 Å². The van der Waals surface area contributed by atoms with E-state index >= 15 is 0 Å². The van der Waals surface area contributed by atoms with E-state index in [0.29, 0.717) is 21.6 Å². The molecule has 0 radical (unpaired) electrons. The molecule has 4 aromatic carbocycles. The number of amides is 2. The number of hydrogen-bond acceptors (Lipinski definition) is 10. The molecule has 0 saturated carbocycles. The number of nitrogens with one attached hydrogen (secondary N) is 4. The molecule has 260 valence electrons. The summed E-state index contributed by atoms with van der Waals surface area (Å²) in [6.45, 7) is 8.16. The van der Waals surface area contributed by atoms with Gasteiger partial charge in [-0.05, 0) is 69.2 Å². The molecule has 0 unspecified atom stereocenters. The third-order valence-corrected chi connectivity index (χ3v) is 9.82. The Labute approximate surface area is 307 Å². The van der Waals surface area contributed by atoms with Gasteiger partial charge in [0.15, 0.2) is 11.3 Å². The van der Waals surface area contributed by atoms with Crippen molar-refractivity contribution in [2.24, 2.45) is 0 Å². The fourth-order valence-corrected chi connectivity index (χ4v) is 6.86. The van der Waals surface area contributed by atoms with Crippen molar-refractivity contribution in [3.8, 4) is 0 Å². The molecule has 4 aromatic heterocycles. The van der Waals surface area contributed by atoms with Gasteiger partial charge in [0.2, 0.25) is 22.1 Å². The Morgan fingerprint density at radius 3 is 1.75 bits per heavy atom. The first-order chi connectivity index (χ1) is 25.2. The minimum absolute atomic E-state index is 0.102. The molecule has 0 fully saturated rings. The van der Waals surface area contributed by atoms with Gasteiger partial charge in [0.05, 0.1) is 22.5 Å². The number of carbonyl (C=O) groups excluding carboxylic acids is 2. The fraction of sp³-hybridized carbons (Fsp3) is 0.158. The Kier molecular flexibility index (Phi) is 10.1. The number of aryl methyl sites for hydroxylation is 4. The first-order valence-corrected chi connectivity index (χ1v) is 18.4. The van der Waals surface area contributed by atoms with Gasteiger partial charge >= 0.3 is 0 Å². The van der Waals surface area contributed by atoms with Crippen molar-refractivity contribution in [2.45, 2.75) is 38.0 Å². The van der Waals surface area contributed by atoms with Gasteiger partial charge in [0.25, 0.3) is 0 Å². The van der Waals surface area contributed by atoms with Crippen LogP contribution in [0.4, 0.5) is 11.4 Å². The molecule has 8 rings (SSSR count). The van der Waals surface area contributed by atoms with Crippen LogP contribution in [0.5, 0.6) is 0 Å². The van der Waals surface area contributed by atoms with Gasteiger partial charge in [-0.2, -0.15) is 0 Å². The lowest BCUT2D eigenvalue weighted by atomic mass is 10.1. The van der Waals surface area contributed by atoms with E-state index in [4.69, 9.17) is 0 Å². The molecule has 12 nitrogen and oxygen atoms in total. The van der Waals surface area contributed by atoms with Crippen LogP contribution in [0, 0.1) is 27.7 Å². The Balaban J connectivity index is 0.000000162. The number of benzene rings is 4. The largest absolute Gasteiger partial charge is 0.337 e. The summed E-state index contributed by atoms with van der Waals surface area (Å²) in [5.41, 5.74) is 11.1. The number of anilines is 2. The van der Waals surface area contributed by atoms with Gasteiger partial charge in [-0.25, -0.2) is 9.97 Å². The number of nitrogens with zero attached hydrogens (tertiary/aromatic N) is 6. The van der Waals surface area contributed by atoms with Crippen LogP contribution in [-0.2, 0) is 9.59 Å². The highest BCUT2D eigenvalue weighted by Crippen LogP contribution is 2.28. The summed E-state index contributed by atoms with van der Waals surface area (Å²) in [7, 11) is 0. The molecule has 0 aliphatic rings. The zero-order valence-corrected chi connectivity index (χ0v) is 30.4. The van der Waals surface area contributed by atoms with Gasteiger partial charge in [0.1, 0.15) is 11.0 Å². The molecule has 0 aliphatic heterocycles. The van der Waals surface area contributed by atoms with E-state index < -0.39 is 0 Å². The number of aromatic nitrogens is 8.